The number of thioether (sulfide) groups is 1. The Hall–Kier alpha value is -1.33. The van der Waals surface area contributed by atoms with Gasteiger partial charge in [-0.2, -0.15) is 11.8 Å². The van der Waals surface area contributed by atoms with Gasteiger partial charge in [-0.25, -0.2) is 4.98 Å². The Labute approximate surface area is 146 Å². The predicted octanol–water partition coefficient (Wildman–Crippen LogP) is 5.09. The second-order valence-corrected chi connectivity index (χ2v) is 8.44. The summed E-state index contributed by atoms with van der Waals surface area (Å²) >= 11 is 3.37. The van der Waals surface area contributed by atoms with Crippen molar-refractivity contribution in [2.24, 2.45) is 0 Å². The van der Waals surface area contributed by atoms with Crippen molar-refractivity contribution in [1.82, 2.24) is 4.98 Å². The normalized spacial score (nSPS) is 11.4. The Morgan fingerprint density at radius 3 is 2.65 bits per heavy atom. The smallest absolute Gasteiger partial charge is 0.226 e. The average Bonchev–Trinajstić information content (AvgIpc) is 2.96. The lowest BCUT2D eigenvalue weighted by molar-refractivity contribution is -0.116. The fraction of sp³-hybridized carbons (Fsp3) is 0.444. The van der Waals surface area contributed by atoms with E-state index in [1.54, 1.807) is 0 Å². The van der Waals surface area contributed by atoms with Gasteiger partial charge in [-0.15, -0.1) is 11.3 Å². The molecule has 3 nitrogen and oxygen atoms in total. The number of carbonyl (C=O) groups is 1. The van der Waals surface area contributed by atoms with Crippen LogP contribution in [0.2, 0.25) is 0 Å². The van der Waals surface area contributed by atoms with Crippen LogP contribution in [0.15, 0.2) is 35.7 Å². The first-order valence-electron chi connectivity index (χ1n) is 7.82. The van der Waals surface area contributed by atoms with Crippen LogP contribution in [0.1, 0.15) is 44.9 Å². The van der Waals surface area contributed by atoms with E-state index in [4.69, 9.17) is 0 Å². The van der Waals surface area contributed by atoms with Gasteiger partial charge in [-0.3, -0.25) is 4.79 Å². The SMILES string of the molecule is CC(C)(C)c1csc(NC(=O)CCCSCc2ccccc2)n1. The molecule has 0 spiro atoms. The van der Waals surface area contributed by atoms with E-state index in [1.807, 2.05) is 23.2 Å². The third-order valence-corrected chi connectivity index (χ3v) is 5.20. The lowest BCUT2D eigenvalue weighted by Crippen LogP contribution is -2.14. The number of hydrogen-bond acceptors (Lipinski definition) is 4. The summed E-state index contributed by atoms with van der Waals surface area (Å²) in [5.41, 5.74) is 2.38. The monoisotopic (exact) mass is 348 g/mol. The van der Waals surface area contributed by atoms with E-state index in [0.717, 1.165) is 23.6 Å². The maximum absolute atomic E-state index is 12.0. The van der Waals surface area contributed by atoms with E-state index in [0.29, 0.717) is 11.6 Å². The van der Waals surface area contributed by atoms with Gasteiger partial charge in [0.15, 0.2) is 5.13 Å². The van der Waals surface area contributed by atoms with Gasteiger partial charge < -0.3 is 5.32 Å². The van der Waals surface area contributed by atoms with E-state index in [1.165, 1.54) is 16.9 Å². The molecule has 0 saturated carbocycles. The van der Waals surface area contributed by atoms with Gasteiger partial charge >= 0.3 is 0 Å². The second-order valence-electron chi connectivity index (χ2n) is 6.48. The summed E-state index contributed by atoms with van der Waals surface area (Å²) in [7, 11) is 0. The summed E-state index contributed by atoms with van der Waals surface area (Å²) in [6.07, 6.45) is 1.44. The van der Waals surface area contributed by atoms with Crippen LogP contribution in [0.3, 0.4) is 0 Å². The van der Waals surface area contributed by atoms with Crippen LogP contribution in [0.25, 0.3) is 0 Å². The van der Waals surface area contributed by atoms with Gasteiger partial charge in [-0.1, -0.05) is 51.1 Å². The van der Waals surface area contributed by atoms with Gasteiger partial charge in [0.2, 0.25) is 5.91 Å². The number of nitrogens with one attached hydrogen (secondary N) is 1. The summed E-state index contributed by atoms with van der Waals surface area (Å²) in [4.78, 5) is 16.4. The number of thiazole rings is 1. The second kappa shape index (κ2) is 8.50. The minimum absolute atomic E-state index is 0.0214. The Bertz CT molecular complexity index is 617. The molecule has 23 heavy (non-hydrogen) atoms. The van der Waals surface area contributed by atoms with E-state index < -0.39 is 0 Å². The Balaban J connectivity index is 1.64. The number of hydrogen-bond donors (Lipinski definition) is 1. The fourth-order valence-electron chi connectivity index (χ4n) is 1.96. The van der Waals surface area contributed by atoms with Gasteiger partial charge in [0, 0.05) is 23.0 Å². The van der Waals surface area contributed by atoms with Gasteiger partial charge in [0.05, 0.1) is 5.69 Å². The van der Waals surface area contributed by atoms with Crippen molar-refractivity contribution in [3.05, 3.63) is 47.0 Å². The lowest BCUT2D eigenvalue weighted by atomic mass is 9.93. The highest BCUT2D eigenvalue weighted by molar-refractivity contribution is 7.98. The zero-order chi connectivity index (χ0) is 16.7. The molecule has 1 aromatic heterocycles. The van der Waals surface area contributed by atoms with Crippen molar-refractivity contribution < 1.29 is 4.79 Å². The van der Waals surface area contributed by atoms with Gasteiger partial charge in [0.1, 0.15) is 0 Å². The van der Waals surface area contributed by atoms with E-state index in [-0.39, 0.29) is 11.3 Å². The Morgan fingerprint density at radius 2 is 2.00 bits per heavy atom. The minimum atomic E-state index is 0.0214. The average molecular weight is 349 g/mol. The van der Waals surface area contributed by atoms with E-state index in [9.17, 15) is 4.79 Å². The van der Waals surface area contributed by atoms with Crippen LogP contribution >= 0.6 is 23.1 Å². The molecule has 0 bridgehead atoms. The number of rotatable bonds is 7. The zero-order valence-electron chi connectivity index (χ0n) is 14.0. The number of nitrogens with zero attached hydrogens (tertiary/aromatic N) is 1. The van der Waals surface area contributed by atoms with Crippen LogP contribution in [0.5, 0.6) is 0 Å². The topological polar surface area (TPSA) is 42.0 Å². The van der Waals surface area contributed by atoms with Gasteiger partial charge in [-0.05, 0) is 17.7 Å². The standard InChI is InChI=1S/C18H24N2OS2/c1-18(2,3)15-13-23-17(19-15)20-16(21)10-7-11-22-12-14-8-5-4-6-9-14/h4-6,8-9,13H,7,10-12H2,1-3H3,(H,19,20,21). The number of benzene rings is 1. The first-order valence-corrected chi connectivity index (χ1v) is 9.86. The quantitative estimate of drug-likeness (QED) is 0.708. The number of aromatic nitrogens is 1. The first-order chi connectivity index (χ1) is 10.9. The molecule has 1 aromatic carbocycles. The molecule has 0 unspecified atom stereocenters. The largest absolute Gasteiger partial charge is 0.302 e. The highest BCUT2D eigenvalue weighted by Gasteiger charge is 2.17. The number of amides is 1. The maximum Gasteiger partial charge on any atom is 0.226 e. The number of carbonyl (C=O) groups excluding carboxylic acids is 1. The summed E-state index contributed by atoms with van der Waals surface area (Å²) in [6, 6.07) is 10.4. The molecule has 2 aromatic rings. The lowest BCUT2D eigenvalue weighted by Gasteiger charge is -2.14. The molecule has 5 heteroatoms. The summed E-state index contributed by atoms with van der Waals surface area (Å²) in [5.74, 6) is 2.05. The molecule has 2 rings (SSSR count). The molecule has 1 N–H and O–H groups in total. The predicted molar refractivity (Wildman–Crippen MR) is 101 cm³/mol. The van der Waals surface area contributed by atoms with E-state index >= 15 is 0 Å². The number of anilines is 1. The molecule has 1 heterocycles. The van der Waals surface area contributed by atoms with Crippen molar-refractivity contribution in [2.45, 2.75) is 44.8 Å². The third-order valence-electron chi connectivity index (χ3n) is 3.32. The van der Waals surface area contributed by atoms with Crippen molar-refractivity contribution in [1.29, 1.82) is 0 Å². The zero-order valence-corrected chi connectivity index (χ0v) is 15.6. The van der Waals surface area contributed by atoms with Crippen LogP contribution in [-0.2, 0) is 16.0 Å². The summed E-state index contributed by atoms with van der Waals surface area (Å²) in [5, 5.41) is 5.63. The van der Waals surface area contributed by atoms with Crippen molar-refractivity contribution in [3.63, 3.8) is 0 Å². The molecule has 0 saturated heterocycles. The molecular formula is C18H24N2OS2. The van der Waals surface area contributed by atoms with Crippen LogP contribution in [0, 0.1) is 0 Å². The molecule has 0 aliphatic rings. The highest BCUT2D eigenvalue weighted by Crippen LogP contribution is 2.26. The molecule has 0 aliphatic heterocycles. The Kier molecular flexibility index (Phi) is 6.66. The van der Waals surface area contributed by atoms with Crippen LogP contribution < -0.4 is 5.32 Å². The Morgan fingerprint density at radius 1 is 1.26 bits per heavy atom. The molecule has 124 valence electrons. The summed E-state index contributed by atoms with van der Waals surface area (Å²) < 4.78 is 0. The molecule has 0 radical (unpaired) electrons. The molecule has 1 amide bonds. The summed E-state index contributed by atoms with van der Waals surface area (Å²) in [6.45, 7) is 6.37. The molecule has 0 atom stereocenters. The third kappa shape index (κ3) is 6.36. The van der Waals surface area contributed by atoms with Crippen molar-refractivity contribution in [3.8, 4) is 0 Å². The van der Waals surface area contributed by atoms with Gasteiger partial charge in [0.25, 0.3) is 0 Å². The first kappa shape index (κ1) is 18.0. The molecular weight excluding hydrogens is 324 g/mol. The minimum Gasteiger partial charge on any atom is -0.302 e. The van der Waals surface area contributed by atoms with E-state index in [2.05, 4.69) is 55.3 Å². The fourth-order valence-corrected chi connectivity index (χ4v) is 3.83. The molecule has 0 fully saturated rings. The molecule has 0 aliphatic carbocycles. The van der Waals surface area contributed by atoms with Crippen LogP contribution in [0.4, 0.5) is 5.13 Å². The van der Waals surface area contributed by atoms with Crippen molar-refractivity contribution >= 4 is 34.1 Å². The van der Waals surface area contributed by atoms with Crippen molar-refractivity contribution in [2.75, 3.05) is 11.1 Å². The van der Waals surface area contributed by atoms with Crippen LogP contribution in [-0.4, -0.2) is 16.6 Å². The maximum atomic E-state index is 12.0. The highest BCUT2D eigenvalue weighted by atomic mass is 32.2.